The summed E-state index contributed by atoms with van der Waals surface area (Å²) in [4.78, 5) is 3.92. The lowest BCUT2D eigenvalue weighted by atomic mass is 10.1. The Morgan fingerprint density at radius 3 is 2.80 bits per heavy atom. The average molecular weight is 296 g/mol. The fraction of sp³-hybridized carbons (Fsp3) is 0.500. The summed E-state index contributed by atoms with van der Waals surface area (Å²) in [5.41, 5.74) is 0. The van der Waals surface area contributed by atoms with Crippen LogP contribution in [0.4, 0.5) is 10.2 Å². The molecule has 0 radical (unpaired) electrons. The van der Waals surface area contributed by atoms with Gasteiger partial charge in [-0.05, 0) is 27.9 Å². The zero-order valence-electron chi connectivity index (χ0n) is 8.60. The summed E-state index contributed by atoms with van der Waals surface area (Å²) in [6.07, 6.45) is 1.55. The van der Waals surface area contributed by atoms with E-state index in [0.29, 0.717) is 16.9 Å². The molecule has 1 aromatic heterocycles. The molecule has 0 aliphatic rings. The van der Waals surface area contributed by atoms with Gasteiger partial charge >= 0.3 is 0 Å². The van der Waals surface area contributed by atoms with Gasteiger partial charge in [0.1, 0.15) is 0 Å². The molecule has 15 heavy (non-hydrogen) atoms. The third-order valence-electron chi connectivity index (χ3n) is 2.00. The first-order valence-electron chi connectivity index (χ1n) is 4.69. The Morgan fingerprint density at radius 1 is 1.60 bits per heavy atom. The van der Waals surface area contributed by atoms with Crippen molar-refractivity contribution in [1.29, 1.82) is 0 Å². The molecule has 0 aliphatic carbocycles. The van der Waals surface area contributed by atoms with Crippen molar-refractivity contribution in [3.8, 4) is 0 Å². The third-order valence-corrected chi connectivity index (χ3v) is 3.09. The molecule has 0 spiro atoms. The third kappa shape index (κ3) is 3.95. The second-order valence-electron chi connectivity index (χ2n) is 3.62. The molecular weight excluding hydrogens is 282 g/mol. The molecule has 1 heterocycles. The maximum Gasteiger partial charge on any atom is 0.166 e. The van der Waals surface area contributed by atoms with Crippen LogP contribution < -0.4 is 5.32 Å². The molecule has 0 aromatic carbocycles. The number of halogens is 3. The Balaban J connectivity index is 2.58. The summed E-state index contributed by atoms with van der Waals surface area (Å²) in [6, 6.07) is 1.37. The van der Waals surface area contributed by atoms with Gasteiger partial charge < -0.3 is 5.32 Å². The molecule has 84 valence electrons. The number of alkyl halides is 1. The highest BCUT2D eigenvalue weighted by atomic mass is 79.9. The van der Waals surface area contributed by atoms with Gasteiger partial charge in [-0.25, -0.2) is 9.37 Å². The fourth-order valence-electron chi connectivity index (χ4n) is 0.975. The number of rotatable bonds is 4. The van der Waals surface area contributed by atoms with Gasteiger partial charge in [-0.15, -0.1) is 11.6 Å². The van der Waals surface area contributed by atoms with Crippen molar-refractivity contribution in [2.24, 2.45) is 5.92 Å². The quantitative estimate of drug-likeness (QED) is 0.858. The minimum absolute atomic E-state index is 0.0325. The molecule has 1 atom stereocenters. The lowest BCUT2D eigenvalue weighted by molar-refractivity contribution is 0.602. The van der Waals surface area contributed by atoms with E-state index in [9.17, 15) is 4.39 Å². The Kier molecular flexibility index (Phi) is 4.80. The molecule has 0 saturated heterocycles. The van der Waals surface area contributed by atoms with Crippen LogP contribution in [0.5, 0.6) is 0 Å². The highest BCUT2D eigenvalue weighted by molar-refractivity contribution is 9.10. The number of pyridine rings is 1. The van der Waals surface area contributed by atoms with Gasteiger partial charge in [-0.2, -0.15) is 0 Å². The van der Waals surface area contributed by atoms with Gasteiger partial charge in [0.05, 0.1) is 5.38 Å². The first kappa shape index (κ1) is 12.7. The molecule has 2 nitrogen and oxygen atoms in total. The Hall–Kier alpha value is -0.350. The van der Waals surface area contributed by atoms with Crippen LogP contribution in [0.3, 0.4) is 0 Å². The van der Waals surface area contributed by atoms with Gasteiger partial charge in [0.2, 0.25) is 0 Å². The second-order valence-corrected chi connectivity index (χ2v) is 5.10. The van der Waals surface area contributed by atoms with Crippen LogP contribution in [0, 0.1) is 11.7 Å². The smallest absolute Gasteiger partial charge is 0.166 e. The molecule has 0 bridgehead atoms. The van der Waals surface area contributed by atoms with Crippen LogP contribution >= 0.6 is 27.5 Å². The summed E-state index contributed by atoms with van der Waals surface area (Å²) in [7, 11) is 0. The van der Waals surface area contributed by atoms with Crippen molar-refractivity contribution in [3.63, 3.8) is 0 Å². The Bertz CT molecular complexity index is 333. The molecule has 0 aliphatic heterocycles. The fourth-order valence-corrected chi connectivity index (χ4v) is 1.36. The molecule has 0 saturated carbocycles. The van der Waals surface area contributed by atoms with Gasteiger partial charge in [0.15, 0.2) is 11.6 Å². The van der Waals surface area contributed by atoms with Gasteiger partial charge in [0.25, 0.3) is 0 Å². The summed E-state index contributed by atoms with van der Waals surface area (Å²) in [5.74, 6) is 0.208. The summed E-state index contributed by atoms with van der Waals surface area (Å²) >= 11 is 9.17. The zero-order valence-corrected chi connectivity index (χ0v) is 10.9. The first-order valence-corrected chi connectivity index (χ1v) is 5.92. The Morgan fingerprint density at radius 2 is 2.27 bits per heavy atom. The summed E-state index contributed by atoms with van der Waals surface area (Å²) in [6.45, 7) is 4.54. The van der Waals surface area contributed by atoms with Crippen molar-refractivity contribution in [1.82, 2.24) is 4.98 Å². The van der Waals surface area contributed by atoms with E-state index < -0.39 is 0 Å². The average Bonchev–Trinajstić information content (AvgIpc) is 2.15. The number of hydrogen-bond donors (Lipinski definition) is 1. The second kappa shape index (κ2) is 5.66. The van der Waals surface area contributed by atoms with E-state index in [2.05, 4.69) is 26.2 Å². The van der Waals surface area contributed by atoms with Gasteiger partial charge in [0, 0.05) is 17.2 Å². The molecule has 5 heteroatoms. The molecule has 0 amide bonds. The van der Waals surface area contributed by atoms with E-state index in [-0.39, 0.29) is 17.0 Å². The van der Waals surface area contributed by atoms with Crippen LogP contribution in [0.2, 0.25) is 0 Å². The zero-order chi connectivity index (χ0) is 11.4. The maximum atomic E-state index is 13.3. The Labute approximate surface area is 102 Å². The lowest BCUT2D eigenvalue weighted by Gasteiger charge is -2.14. The van der Waals surface area contributed by atoms with Crippen LogP contribution in [0.1, 0.15) is 13.8 Å². The summed E-state index contributed by atoms with van der Waals surface area (Å²) < 4.78 is 13.9. The molecule has 0 fully saturated rings. The maximum absolute atomic E-state index is 13.3. The van der Waals surface area contributed by atoms with Crippen LogP contribution in [0.25, 0.3) is 0 Å². The largest absolute Gasteiger partial charge is 0.366 e. The topological polar surface area (TPSA) is 24.9 Å². The number of hydrogen-bond acceptors (Lipinski definition) is 2. The standard InChI is InChI=1S/C10H13BrClFN2/c1-6(2)8(12)5-15-10-9(13)3-7(11)4-14-10/h3-4,6,8H,5H2,1-2H3,(H,14,15). The highest BCUT2D eigenvalue weighted by Gasteiger charge is 2.11. The predicted molar refractivity (Wildman–Crippen MR) is 64.9 cm³/mol. The number of nitrogens with one attached hydrogen (secondary N) is 1. The molecular formula is C10H13BrClFN2. The molecule has 1 unspecified atom stereocenters. The van der Waals surface area contributed by atoms with E-state index in [4.69, 9.17) is 11.6 Å². The van der Waals surface area contributed by atoms with Crippen molar-refractivity contribution in [2.45, 2.75) is 19.2 Å². The SMILES string of the molecule is CC(C)C(Cl)CNc1ncc(Br)cc1F. The minimum atomic E-state index is -0.378. The normalized spacial score (nSPS) is 12.9. The van der Waals surface area contributed by atoms with E-state index in [1.165, 1.54) is 6.07 Å². The van der Waals surface area contributed by atoms with E-state index in [0.717, 1.165) is 0 Å². The molecule has 1 rings (SSSR count). The number of anilines is 1. The van der Waals surface area contributed by atoms with Crippen LogP contribution in [-0.2, 0) is 0 Å². The van der Waals surface area contributed by atoms with E-state index in [1.54, 1.807) is 6.20 Å². The molecule has 1 aromatic rings. The van der Waals surface area contributed by atoms with Crippen LogP contribution in [0.15, 0.2) is 16.7 Å². The van der Waals surface area contributed by atoms with Crippen molar-refractivity contribution in [3.05, 3.63) is 22.6 Å². The minimum Gasteiger partial charge on any atom is -0.366 e. The monoisotopic (exact) mass is 294 g/mol. The molecule has 1 N–H and O–H groups in total. The van der Waals surface area contributed by atoms with Crippen molar-refractivity contribution < 1.29 is 4.39 Å². The number of nitrogens with zero attached hydrogens (tertiary/aromatic N) is 1. The van der Waals surface area contributed by atoms with Gasteiger partial charge in [-0.3, -0.25) is 0 Å². The van der Waals surface area contributed by atoms with Crippen LogP contribution in [-0.4, -0.2) is 16.9 Å². The van der Waals surface area contributed by atoms with Crippen molar-refractivity contribution >= 4 is 33.3 Å². The van der Waals surface area contributed by atoms with Gasteiger partial charge in [-0.1, -0.05) is 13.8 Å². The summed E-state index contributed by atoms with van der Waals surface area (Å²) in [5, 5.41) is 2.85. The predicted octanol–water partition coefficient (Wildman–Crippen LogP) is 3.66. The number of aromatic nitrogens is 1. The van der Waals surface area contributed by atoms with E-state index in [1.807, 2.05) is 13.8 Å². The highest BCUT2D eigenvalue weighted by Crippen LogP contribution is 2.17. The lowest BCUT2D eigenvalue weighted by Crippen LogP contribution is -2.20. The van der Waals surface area contributed by atoms with E-state index >= 15 is 0 Å². The first-order chi connectivity index (χ1) is 7.00. The van der Waals surface area contributed by atoms with Crippen molar-refractivity contribution in [2.75, 3.05) is 11.9 Å².